The van der Waals surface area contributed by atoms with Crippen molar-refractivity contribution in [2.24, 2.45) is 0 Å². The van der Waals surface area contributed by atoms with Crippen molar-refractivity contribution in [3.05, 3.63) is 83.9 Å². The molecule has 5 nitrogen and oxygen atoms in total. The molecule has 0 aliphatic carbocycles. The van der Waals surface area contributed by atoms with Gasteiger partial charge in [-0.05, 0) is 42.4 Å². The Balaban J connectivity index is 1.48. The molecule has 2 N–H and O–H groups in total. The summed E-state index contributed by atoms with van der Waals surface area (Å²) in [5.41, 5.74) is 3.46. The highest BCUT2D eigenvalue weighted by atomic mass is 35.5. The quantitative estimate of drug-likeness (QED) is 0.605. The first-order valence-corrected chi connectivity index (χ1v) is 9.57. The molecule has 3 aromatic carbocycles. The summed E-state index contributed by atoms with van der Waals surface area (Å²) in [5.74, 6) is -0.425. The maximum absolute atomic E-state index is 12.3. The number of hydrogen-bond acceptors (Lipinski definition) is 3. The molecule has 0 saturated carbocycles. The number of hydrogen-bond donors (Lipinski definition) is 2. The van der Waals surface area contributed by atoms with Gasteiger partial charge in [-0.2, -0.15) is 0 Å². The largest absolute Gasteiger partial charge is 0.325 e. The van der Waals surface area contributed by atoms with Crippen molar-refractivity contribution in [3.8, 4) is 11.1 Å². The van der Waals surface area contributed by atoms with E-state index in [0.29, 0.717) is 16.4 Å². The molecule has 0 fully saturated rings. The van der Waals surface area contributed by atoms with Crippen LogP contribution in [0.5, 0.6) is 0 Å². The minimum atomic E-state index is -0.236. The van der Waals surface area contributed by atoms with E-state index >= 15 is 0 Å². The number of para-hydroxylation sites is 1. The molecule has 0 aliphatic rings. The van der Waals surface area contributed by atoms with E-state index in [1.54, 1.807) is 36.2 Å². The monoisotopic (exact) mass is 407 g/mol. The Kier molecular flexibility index (Phi) is 7.00. The van der Waals surface area contributed by atoms with Gasteiger partial charge in [0.1, 0.15) is 0 Å². The molecule has 29 heavy (non-hydrogen) atoms. The predicted molar refractivity (Wildman–Crippen MR) is 118 cm³/mol. The van der Waals surface area contributed by atoms with Gasteiger partial charge in [-0.15, -0.1) is 0 Å². The maximum atomic E-state index is 12.3. The Morgan fingerprint density at radius 2 is 1.31 bits per heavy atom. The van der Waals surface area contributed by atoms with E-state index in [1.807, 2.05) is 54.6 Å². The third-order valence-electron chi connectivity index (χ3n) is 4.25. The first-order valence-electron chi connectivity index (χ1n) is 9.19. The van der Waals surface area contributed by atoms with Gasteiger partial charge in [0, 0.05) is 5.69 Å². The molecule has 0 saturated heterocycles. The van der Waals surface area contributed by atoms with E-state index < -0.39 is 0 Å². The van der Waals surface area contributed by atoms with E-state index in [0.717, 1.165) is 11.1 Å². The number of carbonyl (C=O) groups excluding carboxylic acids is 2. The maximum Gasteiger partial charge on any atom is 0.238 e. The fourth-order valence-corrected chi connectivity index (χ4v) is 3.06. The third-order valence-corrected chi connectivity index (χ3v) is 4.58. The van der Waals surface area contributed by atoms with Crippen molar-refractivity contribution in [1.82, 2.24) is 4.90 Å². The molecular formula is C23H22ClN3O2. The van der Waals surface area contributed by atoms with Gasteiger partial charge in [0.05, 0.1) is 23.8 Å². The average Bonchev–Trinajstić information content (AvgIpc) is 2.70. The van der Waals surface area contributed by atoms with Gasteiger partial charge in [0.15, 0.2) is 0 Å². The highest BCUT2D eigenvalue weighted by molar-refractivity contribution is 6.33. The topological polar surface area (TPSA) is 61.4 Å². The Hall–Kier alpha value is -3.15. The van der Waals surface area contributed by atoms with E-state index in [-0.39, 0.29) is 24.9 Å². The minimum absolute atomic E-state index is 0.0750. The van der Waals surface area contributed by atoms with Gasteiger partial charge in [-0.1, -0.05) is 66.2 Å². The summed E-state index contributed by atoms with van der Waals surface area (Å²) in [6, 6.07) is 24.7. The SMILES string of the molecule is CN(CC(=O)Nc1ccc(-c2ccccc2)cc1)CC(=O)Nc1ccccc1Cl. The van der Waals surface area contributed by atoms with Crippen LogP contribution in [0.1, 0.15) is 0 Å². The van der Waals surface area contributed by atoms with E-state index in [9.17, 15) is 9.59 Å². The molecule has 0 bridgehead atoms. The molecule has 2 amide bonds. The summed E-state index contributed by atoms with van der Waals surface area (Å²) >= 11 is 6.04. The molecule has 0 heterocycles. The lowest BCUT2D eigenvalue weighted by atomic mass is 10.1. The van der Waals surface area contributed by atoms with Crippen LogP contribution in [0.4, 0.5) is 11.4 Å². The lowest BCUT2D eigenvalue weighted by Crippen LogP contribution is -2.36. The van der Waals surface area contributed by atoms with E-state index in [1.165, 1.54) is 0 Å². The number of nitrogens with zero attached hydrogens (tertiary/aromatic N) is 1. The fourth-order valence-electron chi connectivity index (χ4n) is 2.88. The minimum Gasteiger partial charge on any atom is -0.325 e. The van der Waals surface area contributed by atoms with Gasteiger partial charge >= 0.3 is 0 Å². The van der Waals surface area contributed by atoms with Crippen molar-refractivity contribution in [2.45, 2.75) is 0 Å². The molecule has 0 unspecified atom stereocenters. The number of likely N-dealkylation sites (N-methyl/N-ethyl adjacent to an activating group) is 1. The van der Waals surface area contributed by atoms with Crippen molar-refractivity contribution in [1.29, 1.82) is 0 Å². The standard InChI is InChI=1S/C23H22ClN3O2/c1-27(16-23(29)26-21-10-6-5-9-20(21)24)15-22(28)25-19-13-11-18(12-14-19)17-7-3-2-4-8-17/h2-14H,15-16H2,1H3,(H,25,28)(H,26,29). The molecule has 0 atom stereocenters. The molecule has 3 rings (SSSR count). The summed E-state index contributed by atoms with van der Waals surface area (Å²) in [5, 5.41) is 6.06. The fraction of sp³-hybridized carbons (Fsp3) is 0.130. The van der Waals surface area contributed by atoms with Crippen LogP contribution < -0.4 is 10.6 Å². The van der Waals surface area contributed by atoms with Crippen LogP contribution in [0.15, 0.2) is 78.9 Å². The number of carbonyl (C=O) groups is 2. The van der Waals surface area contributed by atoms with Crippen LogP contribution >= 0.6 is 11.6 Å². The van der Waals surface area contributed by atoms with Crippen LogP contribution in [0, 0.1) is 0 Å². The third kappa shape index (κ3) is 6.17. The van der Waals surface area contributed by atoms with Crippen molar-refractivity contribution < 1.29 is 9.59 Å². The van der Waals surface area contributed by atoms with Crippen LogP contribution in [-0.4, -0.2) is 36.9 Å². The zero-order valence-corrected chi connectivity index (χ0v) is 16.8. The summed E-state index contributed by atoms with van der Waals surface area (Å²) < 4.78 is 0. The summed E-state index contributed by atoms with van der Waals surface area (Å²) in [7, 11) is 1.71. The van der Waals surface area contributed by atoms with Crippen molar-refractivity contribution in [3.63, 3.8) is 0 Å². The number of rotatable bonds is 7. The van der Waals surface area contributed by atoms with Gasteiger partial charge in [0.25, 0.3) is 0 Å². The number of halogens is 1. The molecular weight excluding hydrogens is 386 g/mol. The summed E-state index contributed by atoms with van der Waals surface area (Å²) in [6.45, 7) is 0.169. The molecule has 0 spiro atoms. The van der Waals surface area contributed by atoms with Gasteiger partial charge in [0.2, 0.25) is 11.8 Å². The molecule has 0 radical (unpaired) electrons. The molecule has 148 valence electrons. The van der Waals surface area contributed by atoms with Crippen LogP contribution in [0.3, 0.4) is 0 Å². The van der Waals surface area contributed by atoms with Crippen LogP contribution in [0.25, 0.3) is 11.1 Å². The Bertz CT molecular complexity index is 975. The number of amides is 2. The molecule has 6 heteroatoms. The molecule has 3 aromatic rings. The Morgan fingerprint density at radius 3 is 1.97 bits per heavy atom. The number of benzene rings is 3. The smallest absolute Gasteiger partial charge is 0.238 e. The van der Waals surface area contributed by atoms with Crippen molar-refractivity contribution >= 4 is 34.8 Å². The summed E-state index contributed by atoms with van der Waals surface area (Å²) in [6.07, 6.45) is 0. The van der Waals surface area contributed by atoms with Crippen molar-refractivity contribution in [2.75, 3.05) is 30.8 Å². The predicted octanol–water partition coefficient (Wildman–Crippen LogP) is 4.52. The Labute approximate surface area is 175 Å². The highest BCUT2D eigenvalue weighted by Crippen LogP contribution is 2.21. The first kappa shape index (κ1) is 20.6. The highest BCUT2D eigenvalue weighted by Gasteiger charge is 2.12. The first-order chi connectivity index (χ1) is 14.0. The van der Waals surface area contributed by atoms with Gasteiger partial charge in [-0.3, -0.25) is 14.5 Å². The number of nitrogens with one attached hydrogen (secondary N) is 2. The summed E-state index contributed by atoms with van der Waals surface area (Å²) in [4.78, 5) is 26.0. The van der Waals surface area contributed by atoms with Crippen LogP contribution in [-0.2, 0) is 9.59 Å². The lowest BCUT2D eigenvalue weighted by molar-refractivity contribution is -0.119. The second-order valence-electron chi connectivity index (χ2n) is 6.69. The molecule has 0 aromatic heterocycles. The zero-order chi connectivity index (χ0) is 20.6. The lowest BCUT2D eigenvalue weighted by Gasteiger charge is -2.16. The number of anilines is 2. The van der Waals surface area contributed by atoms with Gasteiger partial charge < -0.3 is 10.6 Å². The zero-order valence-electron chi connectivity index (χ0n) is 16.1. The van der Waals surface area contributed by atoms with Crippen LogP contribution in [0.2, 0.25) is 5.02 Å². The van der Waals surface area contributed by atoms with Gasteiger partial charge in [-0.25, -0.2) is 0 Å². The second kappa shape index (κ2) is 9.87. The van der Waals surface area contributed by atoms with E-state index in [4.69, 9.17) is 11.6 Å². The molecule has 0 aliphatic heterocycles. The second-order valence-corrected chi connectivity index (χ2v) is 7.10. The Morgan fingerprint density at radius 1 is 0.759 bits per heavy atom. The van der Waals surface area contributed by atoms with E-state index in [2.05, 4.69) is 10.6 Å². The average molecular weight is 408 g/mol. The normalized spacial score (nSPS) is 10.6.